The van der Waals surface area contributed by atoms with Crippen molar-refractivity contribution in [1.29, 1.82) is 0 Å². The Hall–Kier alpha value is -3.96. The van der Waals surface area contributed by atoms with Crippen molar-refractivity contribution in [2.24, 2.45) is 0 Å². The number of nitrogens with zero attached hydrogens (tertiary/aromatic N) is 2. The van der Waals surface area contributed by atoms with E-state index < -0.39 is 33.6 Å². The molecule has 2 aromatic carbocycles. The fourth-order valence-electron chi connectivity index (χ4n) is 3.02. The van der Waals surface area contributed by atoms with Crippen LogP contribution in [-0.2, 0) is 19.6 Å². The normalized spacial score (nSPS) is 14.9. The molecular weight excluding hydrogens is 476 g/mol. The van der Waals surface area contributed by atoms with E-state index in [2.05, 4.69) is 15.0 Å². The second-order valence-electron chi connectivity index (χ2n) is 7.07. The highest BCUT2D eigenvalue weighted by atomic mass is 32.2. The SMILES string of the molecule is O=C(CN1C(=O)S/C(=C\c2ccccc2)C1=O)Nc1ccc(S(=O)(=O)Nc2ccccn2)cc1. The summed E-state index contributed by atoms with van der Waals surface area (Å²) in [4.78, 5) is 42.2. The highest BCUT2D eigenvalue weighted by Crippen LogP contribution is 2.32. The lowest BCUT2D eigenvalue weighted by Crippen LogP contribution is -2.36. The monoisotopic (exact) mass is 494 g/mol. The van der Waals surface area contributed by atoms with E-state index >= 15 is 0 Å². The van der Waals surface area contributed by atoms with E-state index in [1.807, 2.05) is 18.2 Å². The van der Waals surface area contributed by atoms with Crippen LogP contribution in [0.5, 0.6) is 0 Å². The molecule has 1 aliphatic heterocycles. The molecule has 172 valence electrons. The van der Waals surface area contributed by atoms with Crippen LogP contribution in [0.15, 0.2) is 88.8 Å². The third-order valence-corrected chi connectivity index (χ3v) is 6.90. The lowest BCUT2D eigenvalue weighted by molar-refractivity contribution is -0.127. The average molecular weight is 495 g/mol. The zero-order chi connectivity index (χ0) is 24.1. The summed E-state index contributed by atoms with van der Waals surface area (Å²) >= 11 is 0.770. The van der Waals surface area contributed by atoms with Crippen molar-refractivity contribution >= 4 is 56.4 Å². The van der Waals surface area contributed by atoms with E-state index in [-0.39, 0.29) is 15.6 Å². The highest BCUT2D eigenvalue weighted by molar-refractivity contribution is 8.18. The van der Waals surface area contributed by atoms with E-state index in [1.54, 1.807) is 30.3 Å². The summed E-state index contributed by atoms with van der Waals surface area (Å²) in [5.41, 5.74) is 1.08. The molecule has 2 heterocycles. The van der Waals surface area contributed by atoms with Gasteiger partial charge in [-0.25, -0.2) is 13.4 Å². The van der Waals surface area contributed by atoms with Crippen LogP contribution in [0, 0.1) is 0 Å². The van der Waals surface area contributed by atoms with E-state index in [1.165, 1.54) is 36.5 Å². The van der Waals surface area contributed by atoms with Crippen LogP contribution >= 0.6 is 11.8 Å². The molecule has 0 aliphatic carbocycles. The maximum Gasteiger partial charge on any atom is 0.294 e. The fourth-order valence-corrected chi connectivity index (χ4v) is 4.86. The van der Waals surface area contributed by atoms with Gasteiger partial charge in [0, 0.05) is 11.9 Å². The van der Waals surface area contributed by atoms with Gasteiger partial charge in [0.1, 0.15) is 12.4 Å². The Morgan fingerprint density at radius 2 is 1.68 bits per heavy atom. The molecular formula is C23H18N4O5S2. The van der Waals surface area contributed by atoms with Crippen LogP contribution in [0.3, 0.4) is 0 Å². The Morgan fingerprint density at radius 3 is 2.35 bits per heavy atom. The number of nitrogens with one attached hydrogen (secondary N) is 2. The Labute approximate surface area is 199 Å². The van der Waals surface area contributed by atoms with Crippen molar-refractivity contribution in [3.8, 4) is 0 Å². The minimum absolute atomic E-state index is 0.0202. The van der Waals surface area contributed by atoms with Gasteiger partial charge >= 0.3 is 0 Å². The first-order chi connectivity index (χ1) is 16.3. The number of sulfonamides is 1. The number of carbonyl (C=O) groups excluding carboxylic acids is 3. The number of anilines is 2. The predicted octanol–water partition coefficient (Wildman–Crippen LogP) is 3.56. The molecule has 1 saturated heterocycles. The van der Waals surface area contributed by atoms with Crippen LogP contribution in [0.25, 0.3) is 6.08 Å². The van der Waals surface area contributed by atoms with Gasteiger partial charge in [-0.3, -0.25) is 24.0 Å². The molecule has 11 heteroatoms. The van der Waals surface area contributed by atoms with Crippen LogP contribution in [0.2, 0.25) is 0 Å². The van der Waals surface area contributed by atoms with Crippen molar-refractivity contribution in [3.63, 3.8) is 0 Å². The van der Waals surface area contributed by atoms with Crippen molar-refractivity contribution in [3.05, 3.63) is 89.5 Å². The lowest BCUT2D eigenvalue weighted by Gasteiger charge is -2.13. The minimum Gasteiger partial charge on any atom is -0.325 e. The zero-order valence-electron chi connectivity index (χ0n) is 17.5. The quantitative estimate of drug-likeness (QED) is 0.481. The number of amides is 3. The Kier molecular flexibility index (Phi) is 6.75. The van der Waals surface area contributed by atoms with Gasteiger partial charge in [0.05, 0.1) is 9.80 Å². The molecule has 0 bridgehead atoms. The Morgan fingerprint density at radius 1 is 0.971 bits per heavy atom. The van der Waals surface area contributed by atoms with E-state index in [9.17, 15) is 22.8 Å². The number of benzene rings is 2. The standard InChI is InChI=1S/C23H18N4O5S2/c28-21(15-27-22(29)19(33-23(27)30)14-16-6-2-1-3-7-16)25-17-9-11-18(12-10-17)34(31,32)26-20-8-4-5-13-24-20/h1-14H,15H2,(H,24,26)(H,25,28)/b19-14-. The number of thioether (sulfide) groups is 1. The number of hydrogen-bond donors (Lipinski definition) is 2. The Balaban J connectivity index is 1.38. The number of hydrogen-bond acceptors (Lipinski definition) is 7. The second-order valence-corrected chi connectivity index (χ2v) is 9.75. The summed E-state index contributed by atoms with van der Waals surface area (Å²) in [7, 11) is -3.86. The molecule has 9 nitrogen and oxygen atoms in total. The predicted molar refractivity (Wildman–Crippen MR) is 129 cm³/mol. The van der Waals surface area contributed by atoms with Gasteiger partial charge < -0.3 is 5.32 Å². The zero-order valence-corrected chi connectivity index (χ0v) is 19.2. The van der Waals surface area contributed by atoms with Crippen molar-refractivity contribution in [1.82, 2.24) is 9.88 Å². The van der Waals surface area contributed by atoms with Crippen LogP contribution in [0.1, 0.15) is 5.56 Å². The molecule has 0 spiro atoms. The highest BCUT2D eigenvalue weighted by Gasteiger charge is 2.36. The maximum absolute atomic E-state index is 12.6. The van der Waals surface area contributed by atoms with Gasteiger partial charge in [-0.2, -0.15) is 0 Å². The summed E-state index contributed by atoms with van der Waals surface area (Å²) < 4.78 is 27.3. The molecule has 0 atom stereocenters. The van der Waals surface area contributed by atoms with E-state index in [0.717, 1.165) is 22.2 Å². The van der Waals surface area contributed by atoms with Gasteiger partial charge in [0.2, 0.25) is 5.91 Å². The fraction of sp³-hybridized carbons (Fsp3) is 0.0435. The van der Waals surface area contributed by atoms with Gasteiger partial charge in [-0.1, -0.05) is 36.4 Å². The average Bonchev–Trinajstić information content (AvgIpc) is 3.07. The summed E-state index contributed by atoms with van der Waals surface area (Å²) in [5, 5.41) is 2.02. The molecule has 4 rings (SSSR count). The van der Waals surface area contributed by atoms with Crippen LogP contribution < -0.4 is 10.0 Å². The molecule has 0 unspecified atom stereocenters. The second kappa shape index (κ2) is 9.89. The van der Waals surface area contributed by atoms with Crippen molar-refractivity contribution < 1.29 is 22.8 Å². The van der Waals surface area contributed by atoms with Gasteiger partial charge in [-0.15, -0.1) is 0 Å². The van der Waals surface area contributed by atoms with E-state index in [0.29, 0.717) is 5.69 Å². The summed E-state index contributed by atoms with van der Waals surface area (Å²) in [6.07, 6.45) is 3.06. The summed E-state index contributed by atoms with van der Waals surface area (Å²) in [6, 6.07) is 19.4. The maximum atomic E-state index is 12.6. The number of carbonyl (C=O) groups is 3. The molecule has 34 heavy (non-hydrogen) atoms. The van der Waals surface area contributed by atoms with Crippen molar-refractivity contribution in [2.45, 2.75) is 4.90 Å². The topological polar surface area (TPSA) is 126 Å². The first-order valence-electron chi connectivity index (χ1n) is 9.96. The summed E-state index contributed by atoms with van der Waals surface area (Å²) in [6.45, 7) is -0.460. The molecule has 2 N–H and O–H groups in total. The lowest BCUT2D eigenvalue weighted by atomic mass is 10.2. The molecule has 1 aromatic heterocycles. The smallest absolute Gasteiger partial charge is 0.294 e. The molecule has 3 aromatic rings. The van der Waals surface area contributed by atoms with Crippen LogP contribution in [-0.4, -0.2) is 41.9 Å². The third kappa shape index (κ3) is 5.50. The number of imide groups is 1. The molecule has 1 fully saturated rings. The minimum atomic E-state index is -3.86. The first-order valence-corrected chi connectivity index (χ1v) is 12.3. The number of rotatable bonds is 7. The number of aromatic nitrogens is 1. The van der Waals surface area contributed by atoms with Crippen LogP contribution in [0.4, 0.5) is 16.3 Å². The van der Waals surface area contributed by atoms with Gasteiger partial charge in [-0.05, 0) is 59.8 Å². The number of pyridine rings is 1. The van der Waals surface area contributed by atoms with Crippen molar-refractivity contribution in [2.75, 3.05) is 16.6 Å². The summed E-state index contributed by atoms with van der Waals surface area (Å²) in [5.74, 6) is -0.958. The largest absolute Gasteiger partial charge is 0.325 e. The molecule has 0 saturated carbocycles. The van der Waals surface area contributed by atoms with E-state index in [4.69, 9.17) is 0 Å². The molecule has 1 aliphatic rings. The first kappa shape index (κ1) is 23.2. The van der Waals surface area contributed by atoms with Gasteiger partial charge in [0.15, 0.2) is 0 Å². The molecule has 0 radical (unpaired) electrons. The van der Waals surface area contributed by atoms with Gasteiger partial charge in [0.25, 0.3) is 21.2 Å². The Bertz CT molecular complexity index is 1360. The third-order valence-electron chi connectivity index (χ3n) is 4.62. The molecule has 3 amide bonds.